The number of carbonyl (C=O) groups excluding carboxylic acids is 1. The van der Waals surface area contributed by atoms with Crippen molar-refractivity contribution >= 4 is 6.09 Å². The average molecular weight is 1040 g/mol. The van der Waals surface area contributed by atoms with Crippen molar-refractivity contribution in [2.75, 3.05) is 46.2 Å². The van der Waals surface area contributed by atoms with E-state index in [9.17, 15) is 66.5 Å². The van der Waals surface area contributed by atoms with E-state index < -0.39 is 155 Å². The zero-order valence-corrected chi connectivity index (χ0v) is 39.8. The summed E-state index contributed by atoms with van der Waals surface area (Å²) in [5, 5.41) is 123. The van der Waals surface area contributed by atoms with E-state index in [1.807, 2.05) is 60.7 Å². The molecule has 0 aliphatic carbocycles. The van der Waals surface area contributed by atoms with Crippen molar-refractivity contribution in [2.45, 2.75) is 155 Å². The number of rotatable bonds is 25. The van der Waals surface area contributed by atoms with Gasteiger partial charge in [0, 0.05) is 24.6 Å². The number of hydrogen-bond donors (Lipinski definition) is 11. The maximum atomic E-state index is 13.1. The zero-order chi connectivity index (χ0) is 52.6. The fraction of sp³-hybridized carbons (Fsp3) is 0.681. The minimum absolute atomic E-state index is 0.0315. The Bertz CT molecular complexity index is 2000. The Hall–Kier alpha value is -4.04. The van der Waals surface area contributed by atoms with Crippen molar-refractivity contribution in [1.29, 1.82) is 0 Å². The molecule has 11 N–H and O–H groups in total. The molecule has 4 aliphatic rings. The number of unbranched alkanes of at least 4 members (excludes halogenated alkanes) is 2. The molecular weight excluding hydrogens is 973 g/mol. The molecule has 0 unspecified atom stereocenters. The van der Waals surface area contributed by atoms with Gasteiger partial charge in [-0.25, -0.2) is 4.79 Å². The maximum Gasteiger partial charge on any atom is 0.410 e. The Balaban J connectivity index is 1.04. The molecule has 0 spiro atoms. The molecule has 2 aromatic carbocycles. The summed E-state index contributed by atoms with van der Waals surface area (Å²) in [4.78, 5) is 17.5. The van der Waals surface area contributed by atoms with E-state index in [1.54, 1.807) is 4.90 Å². The van der Waals surface area contributed by atoms with Gasteiger partial charge in [-0.05, 0) is 35.9 Å². The van der Waals surface area contributed by atoms with Crippen molar-refractivity contribution in [3.63, 3.8) is 0 Å². The highest BCUT2D eigenvalue weighted by atomic mass is 16.8. The van der Waals surface area contributed by atoms with Crippen LogP contribution < -0.4 is 0 Å². The molecule has 0 aromatic heterocycles. The Morgan fingerprint density at radius 1 is 0.603 bits per heavy atom. The molecule has 1 amide bonds. The number of ether oxygens (including phenoxy) is 10. The number of benzene rings is 2. The topological polar surface area (TPSA) is 384 Å². The number of carbonyl (C=O) groups is 1. The first kappa shape index (κ1) is 58.2. The number of nitrogens with zero attached hydrogens (tertiary/aromatic N) is 4. The molecule has 73 heavy (non-hydrogen) atoms. The Labute approximate surface area is 419 Å². The van der Waals surface area contributed by atoms with Crippen LogP contribution in [0.1, 0.15) is 30.4 Å². The monoisotopic (exact) mass is 1040 g/mol. The minimum atomic E-state index is -2.06. The van der Waals surface area contributed by atoms with Gasteiger partial charge >= 0.3 is 6.09 Å². The SMILES string of the molecule is C=CCO[C@H]1[C@@H](O)[C@@H](CO)O[C@@H](O[C@H]2[C@H](O)[C@@H](N=[N+]=[N-])[C@H](O[C@H]3[C@@H](O)[C@@H](CO)O[C@@H](O[C@H]4[C@H](O)[C@@H](O)[C@H](OCCCCCN(Cc5ccccc5)C(=O)OCc5ccccc5)O[C@@H]4CO)[C@@H]3O)O[C@@H]2CO)[C@@H]1O. The van der Waals surface area contributed by atoms with Crippen molar-refractivity contribution in [2.24, 2.45) is 5.11 Å². The molecule has 4 aliphatic heterocycles. The molecule has 408 valence electrons. The molecule has 26 nitrogen and oxygen atoms in total. The van der Waals surface area contributed by atoms with Gasteiger partial charge in [-0.1, -0.05) is 71.9 Å². The summed E-state index contributed by atoms with van der Waals surface area (Å²) in [5.41, 5.74) is 11.3. The lowest BCUT2D eigenvalue weighted by Gasteiger charge is -2.49. The molecule has 4 saturated heterocycles. The predicted molar refractivity (Wildman–Crippen MR) is 246 cm³/mol. The lowest BCUT2D eigenvalue weighted by atomic mass is 9.94. The molecule has 4 heterocycles. The summed E-state index contributed by atoms with van der Waals surface area (Å²) in [5.74, 6) is 0. The first-order valence-electron chi connectivity index (χ1n) is 23.9. The van der Waals surface area contributed by atoms with Gasteiger partial charge < -0.3 is 108 Å². The van der Waals surface area contributed by atoms with Crippen molar-refractivity contribution in [1.82, 2.24) is 4.90 Å². The van der Waals surface area contributed by atoms with Gasteiger partial charge in [0.15, 0.2) is 25.2 Å². The molecule has 26 heteroatoms. The molecule has 0 radical (unpaired) electrons. The van der Waals surface area contributed by atoms with Gasteiger partial charge in [0.25, 0.3) is 0 Å². The predicted octanol–water partition coefficient (Wildman–Crippen LogP) is -2.19. The summed E-state index contributed by atoms with van der Waals surface area (Å²) < 4.78 is 57.3. The van der Waals surface area contributed by atoms with Gasteiger partial charge in [-0.2, -0.15) is 0 Å². The van der Waals surface area contributed by atoms with Crippen LogP contribution in [0.4, 0.5) is 4.79 Å². The normalized spacial score (nSPS) is 36.7. The summed E-state index contributed by atoms with van der Waals surface area (Å²) in [6.07, 6.45) is -29.8. The smallest absolute Gasteiger partial charge is 0.410 e. The van der Waals surface area contributed by atoms with Crippen LogP contribution in [0.3, 0.4) is 0 Å². The number of aliphatic hydroxyl groups is 11. The van der Waals surface area contributed by atoms with Gasteiger partial charge in [0.1, 0.15) is 98.1 Å². The molecular formula is C47H68N4O22. The zero-order valence-electron chi connectivity index (χ0n) is 39.8. The fourth-order valence-corrected chi connectivity index (χ4v) is 8.84. The van der Waals surface area contributed by atoms with Crippen molar-refractivity contribution < 1.29 is 108 Å². The first-order valence-corrected chi connectivity index (χ1v) is 23.9. The highest BCUT2D eigenvalue weighted by molar-refractivity contribution is 5.67. The quantitative estimate of drug-likeness (QED) is 0.0165. The molecule has 6 rings (SSSR count). The van der Waals surface area contributed by atoms with Crippen LogP contribution in [0, 0.1) is 0 Å². The summed E-state index contributed by atoms with van der Waals surface area (Å²) in [7, 11) is 0. The summed E-state index contributed by atoms with van der Waals surface area (Å²) in [6.45, 7) is 0.843. The number of aliphatic hydroxyl groups excluding tert-OH is 11. The lowest BCUT2D eigenvalue weighted by molar-refractivity contribution is -0.380. The van der Waals surface area contributed by atoms with Crippen LogP contribution in [-0.4, -0.2) is 236 Å². The maximum absolute atomic E-state index is 13.1. The average Bonchev–Trinajstić information content (AvgIpc) is 3.40. The molecule has 4 fully saturated rings. The highest BCUT2D eigenvalue weighted by Crippen LogP contribution is 2.36. The van der Waals surface area contributed by atoms with Crippen LogP contribution in [0.25, 0.3) is 10.4 Å². The van der Waals surface area contributed by atoms with Gasteiger partial charge in [-0.3, -0.25) is 0 Å². The second-order valence-electron chi connectivity index (χ2n) is 17.8. The molecule has 0 saturated carbocycles. The Morgan fingerprint density at radius 3 is 1.70 bits per heavy atom. The Kier molecular flexibility index (Phi) is 22.9. The molecule has 0 bridgehead atoms. The third-order valence-electron chi connectivity index (χ3n) is 12.8. The Morgan fingerprint density at radius 2 is 1.12 bits per heavy atom. The third-order valence-corrected chi connectivity index (χ3v) is 12.8. The lowest BCUT2D eigenvalue weighted by Crippen LogP contribution is -2.67. The van der Waals surface area contributed by atoms with Gasteiger partial charge in [0.2, 0.25) is 0 Å². The summed E-state index contributed by atoms with van der Waals surface area (Å²) in [6, 6.07) is 17.0. The summed E-state index contributed by atoms with van der Waals surface area (Å²) >= 11 is 0. The van der Waals surface area contributed by atoms with E-state index in [-0.39, 0.29) is 19.8 Å². The molecule has 2 aromatic rings. The van der Waals surface area contributed by atoms with E-state index in [1.165, 1.54) is 6.08 Å². The van der Waals surface area contributed by atoms with Crippen LogP contribution in [0.2, 0.25) is 0 Å². The van der Waals surface area contributed by atoms with E-state index in [0.717, 1.165) is 11.1 Å². The van der Waals surface area contributed by atoms with Crippen LogP contribution in [0.5, 0.6) is 0 Å². The first-order chi connectivity index (χ1) is 35.3. The second kappa shape index (κ2) is 28.7. The second-order valence-corrected chi connectivity index (χ2v) is 17.8. The number of hydrogen-bond acceptors (Lipinski definition) is 23. The third kappa shape index (κ3) is 14.9. The van der Waals surface area contributed by atoms with Crippen LogP contribution in [-0.2, 0) is 60.5 Å². The minimum Gasteiger partial charge on any atom is -0.445 e. The van der Waals surface area contributed by atoms with E-state index >= 15 is 0 Å². The standard InChI is InChI=1S/C47H68N4O22/c1-2-17-64-41-32(56)27(20-52)67-45(37(41)61)71-39-29(22-54)69-43(31(34(39)58)49-50-48)73-42-33(57)28(21-53)68-46(38(42)62)72-40-30(23-55)70-44(36(60)35(40)59)65-18-11-5-10-16-51(19-25-12-6-3-7-13-25)47(63)66-24-26-14-8-4-9-15-26/h2-4,6-9,12-15,27-46,52-62H,1,5,10-11,16-24H2/t27-,28-,29-,30-,31-,32+,33+,34-,35-,36-,37-,38-,39-,40-,41+,42+,43+,44-,45+,46+/m1/s1. The van der Waals surface area contributed by atoms with Crippen LogP contribution in [0.15, 0.2) is 78.4 Å². The van der Waals surface area contributed by atoms with Gasteiger partial charge in [0.05, 0.1) is 39.1 Å². The molecule has 20 atom stereocenters. The largest absolute Gasteiger partial charge is 0.445 e. The van der Waals surface area contributed by atoms with Crippen molar-refractivity contribution in [3.05, 3.63) is 94.9 Å². The highest BCUT2D eigenvalue weighted by Gasteiger charge is 2.56. The van der Waals surface area contributed by atoms with E-state index in [2.05, 4.69) is 16.6 Å². The van der Waals surface area contributed by atoms with E-state index in [4.69, 9.17) is 47.4 Å². The fourth-order valence-electron chi connectivity index (χ4n) is 8.84. The number of azide groups is 1. The van der Waals surface area contributed by atoms with Gasteiger partial charge in [-0.15, -0.1) is 6.58 Å². The van der Waals surface area contributed by atoms with Crippen molar-refractivity contribution in [3.8, 4) is 0 Å². The van der Waals surface area contributed by atoms with Crippen LogP contribution >= 0.6 is 0 Å². The van der Waals surface area contributed by atoms with E-state index in [0.29, 0.717) is 32.4 Å². The number of amides is 1.